The fourth-order valence-electron chi connectivity index (χ4n) is 2.10. The van der Waals surface area contributed by atoms with Gasteiger partial charge in [0.25, 0.3) is 0 Å². The average Bonchev–Trinajstić information content (AvgIpc) is 2.47. The van der Waals surface area contributed by atoms with Gasteiger partial charge < -0.3 is 19.9 Å². The molecule has 0 bridgehead atoms. The molecule has 2 rings (SSSR count). The third-order valence-electron chi connectivity index (χ3n) is 3.30. The number of nitrogens with zero attached hydrogens (tertiary/aromatic N) is 1. The zero-order valence-electron chi connectivity index (χ0n) is 11.1. The van der Waals surface area contributed by atoms with Gasteiger partial charge >= 0.3 is 11.9 Å². The van der Waals surface area contributed by atoms with Crippen molar-refractivity contribution < 1.29 is 24.2 Å². The number of methoxy groups -OCH3 is 1. The van der Waals surface area contributed by atoms with Crippen LogP contribution >= 0.6 is 0 Å². The van der Waals surface area contributed by atoms with Gasteiger partial charge in [-0.25, -0.2) is 14.6 Å². The molecule has 1 aromatic heterocycles. The normalized spacial score (nSPS) is 17.2. The maximum atomic E-state index is 11.5. The van der Waals surface area contributed by atoms with Gasteiger partial charge in [0.1, 0.15) is 11.4 Å². The Morgan fingerprint density at radius 1 is 1.45 bits per heavy atom. The van der Waals surface area contributed by atoms with Crippen molar-refractivity contribution in [1.82, 2.24) is 4.98 Å². The molecule has 2 N–H and O–H groups in total. The van der Waals surface area contributed by atoms with Crippen molar-refractivity contribution in [3.63, 3.8) is 0 Å². The molecule has 1 aliphatic rings. The summed E-state index contributed by atoms with van der Waals surface area (Å²) in [5.41, 5.74) is -0.794. The lowest BCUT2D eigenvalue weighted by molar-refractivity contribution is -0.145. The van der Waals surface area contributed by atoms with Crippen LogP contribution < -0.4 is 5.32 Å². The van der Waals surface area contributed by atoms with Crippen molar-refractivity contribution in [3.8, 4) is 0 Å². The summed E-state index contributed by atoms with van der Waals surface area (Å²) in [6.45, 7) is 0.742. The molecule has 20 heavy (non-hydrogen) atoms. The van der Waals surface area contributed by atoms with Crippen LogP contribution in [0, 0.1) is 0 Å². The zero-order chi connectivity index (χ0) is 14.6. The first-order valence-corrected chi connectivity index (χ1v) is 6.21. The number of pyridine rings is 1. The number of anilines is 1. The van der Waals surface area contributed by atoms with Gasteiger partial charge in [-0.1, -0.05) is 0 Å². The molecule has 7 nitrogen and oxygen atoms in total. The van der Waals surface area contributed by atoms with Crippen molar-refractivity contribution in [1.29, 1.82) is 0 Å². The number of aliphatic carboxylic acids is 1. The van der Waals surface area contributed by atoms with Crippen LogP contribution in [0.3, 0.4) is 0 Å². The second kappa shape index (κ2) is 5.87. The topological polar surface area (TPSA) is 97.8 Å². The van der Waals surface area contributed by atoms with Crippen molar-refractivity contribution in [3.05, 3.63) is 23.9 Å². The largest absolute Gasteiger partial charge is 0.480 e. The number of carbonyl (C=O) groups excluding carboxylic acids is 1. The van der Waals surface area contributed by atoms with E-state index in [1.165, 1.54) is 25.4 Å². The molecule has 2 heterocycles. The number of hydrogen-bond donors (Lipinski definition) is 2. The van der Waals surface area contributed by atoms with Gasteiger partial charge in [-0.3, -0.25) is 0 Å². The number of esters is 1. The Labute approximate surface area is 115 Å². The Hall–Kier alpha value is -2.15. The molecule has 0 spiro atoms. The number of rotatable bonds is 4. The fraction of sp³-hybridized carbons (Fsp3) is 0.462. The Kier molecular flexibility index (Phi) is 4.19. The van der Waals surface area contributed by atoms with Crippen LogP contribution in [0.25, 0.3) is 0 Å². The maximum absolute atomic E-state index is 11.5. The van der Waals surface area contributed by atoms with Gasteiger partial charge in [-0.05, 0) is 12.1 Å². The molecular weight excluding hydrogens is 264 g/mol. The molecule has 0 unspecified atom stereocenters. The van der Waals surface area contributed by atoms with Crippen LogP contribution in [-0.2, 0) is 14.3 Å². The Morgan fingerprint density at radius 3 is 2.75 bits per heavy atom. The number of ether oxygens (including phenoxy) is 2. The second-order valence-electron chi connectivity index (χ2n) is 4.55. The highest BCUT2D eigenvalue weighted by atomic mass is 16.5. The van der Waals surface area contributed by atoms with E-state index in [-0.39, 0.29) is 0 Å². The number of carbonyl (C=O) groups is 2. The lowest BCUT2D eigenvalue weighted by atomic mass is 9.90. The first-order valence-electron chi connectivity index (χ1n) is 6.21. The second-order valence-corrected chi connectivity index (χ2v) is 4.55. The lowest BCUT2D eigenvalue weighted by Crippen LogP contribution is -2.50. The SMILES string of the molecule is COC(=O)c1ccnc(NC2(C(=O)O)CCOCC2)c1. The van der Waals surface area contributed by atoms with Crippen LogP contribution in [0.5, 0.6) is 0 Å². The highest BCUT2D eigenvalue weighted by Gasteiger charge is 2.40. The van der Waals surface area contributed by atoms with E-state index in [9.17, 15) is 14.7 Å². The fourth-order valence-corrected chi connectivity index (χ4v) is 2.10. The Morgan fingerprint density at radius 2 is 2.15 bits per heavy atom. The van der Waals surface area contributed by atoms with E-state index >= 15 is 0 Å². The summed E-state index contributed by atoms with van der Waals surface area (Å²) in [5, 5.41) is 12.4. The minimum atomic E-state index is -1.11. The molecule has 1 fully saturated rings. The molecule has 0 aliphatic carbocycles. The number of aromatic nitrogens is 1. The van der Waals surface area contributed by atoms with Gasteiger partial charge in [0.2, 0.25) is 0 Å². The number of hydrogen-bond acceptors (Lipinski definition) is 6. The van der Waals surface area contributed by atoms with E-state index in [2.05, 4.69) is 15.0 Å². The summed E-state index contributed by atoms with van der Waals surface area (Å²) in [6.07, 6.45) is 2.11. The third-order valence-corrected chi connectivity index (χ3v) is 3.30. The first-order chi connectivity index (χ1) is 9.57. The third kappa shape index (κ3) is 2.88. The van der Waals surface area contributed by atoms with Crippen molar-refractivity contribution in [2.24, 2.45) is 0 Å². The Balaban J connectivity index is 2.23. The monoisotopic (exact) mass is 280 g/mol. The van der Waals surface area contributed by atoms with Gasteiger partial charge in [0, 0.05) is 32.3 Å². The molecule has 7 heteroatoms. The predicted octanol–water partition coefficient (Wildman–Crippen LogP) is 0.914. The van der Waals surface area contributed by atoms with Gasteiger partial charge in [0.15, 0.2) is 0 Å². The summed E-state index contributed by atoms with van der Waals surface area (Å²) in [5.74, 6) is -1.12. The first kappa shape index (κ1) is 14.3. The van der Waals surface area contributed by atoms with E-state index in [1.54, 1.807) is 0 Å². The van der Waals surface area contributed by atoms with Crippen molar-refractivity contribution in [2.75, 3.05) is 25.6 Å². The predicted molar refractivity (Wildman–Crippen MR) is 69.6 cm³/mol. The quantitative estimate of drug-likeness (QED) is 0.791. The number of nitrogens with one attached hydrogen (secondary N) is 1. The molecule has 0 amide bonds. The summed E-state index contributed by atoms with van der Waals surface area (Å²) >= 11 is 0. The number of carboxylic acid groups (broad SMARTS) is 1. The Bertz CT molecular complexity index is 511. The zero-order valence-corrected chi connectivity index (χ0v) is 11.1. The molecule has 0 radical (unpaired) electrons. The van der Waals surface area contributed by atoms with E-state index < -0.39 is 17.5 Å². The molecule has 1 aromatic rings. The minimum Gasteiger partial charge on any atom is -0.480 e. The van der Waals surface area contributed by atoms with Gasteiger partial charge in [-0.15, -0.1) is 0 Å². The highest BCUT2D eigenvalue weighted by Crippen LogP contribution is 2.26. The summed E-state index contributed by atoms with van der Waals surface area (Å²) < 4.78 is 9.82. The van der Waals surface area contributed by atoms with Crippen LogP contribution in [0.1, 0.15) is 23.2 Å². The van der Waals surface area contributed by atoms with Gasteiger partial charge in [0.05, 0.1) is 12.7 Å². The standard InChI is InChI=1S/C13H16N2O5/c1-19-11(16)9-2-5-14-10(8-9)15-13(12(17)18)3-6-20-7-4-13/h2,5,8H,3-4,6-7H2,1H3,(H,14,15)(H,17,18). The summed E-state index contributed by atoms with van der Waals surface area (Å²) in [6, 6.07) is 2.99. The van der Waals surface area contributed by atoms with Crippen LogP contribution in [-0.4, -0.2) is 47.9 Å². The highest BCUT2D eigenvalue weighted by molar-refractivity contribution is 5.90. The van der Waals surface area contributed by atoms with Crippen LogP contribution in [0.15, 0.2) is 18.3 Å². The maximum Gasteiger partial charge on any atom is 0.338 e. The number of carboxylic acids is 1. The van der Waals surface area contributed by atoms with Crippen molar-refractivity contribution in [2.45, 2.75) is 18.4 Å². The van der Waals surface area contributed by atoms with Crippen molar-refractivity contribution >= 4 is 17.8 Å². The van der Waals surface area contributed by atoms with E-state index in [0.717, 1.165) is 0 Å². The molecule has 1 saturated heterocycles. The average molecular weight is 280 g/mol. The lowest BCUT2D eigenvalue weighted by Gasteiger charge is -2.34. The van der Waals surface area contributed by atoms with Crippen LogP contribution in [0.4, 0.5) is 5.82 Å². The smallest absolute Gasteiger partial charge is 0.338 e. The molecule has 0 aromatic carbocycles. The molecule has 0 atom stereocenters. The molecule has 1 aliphatic heterocycles. The van der Waals surface area contributed by atoms with E-state index in [0.29, 0.717) is 37.4 Å². The van der Waals surface area contributed by atoms with Crippen LogP contribution in [0.2, 0.25) is 0 Å². The van der Waals surface area contributed by atoms with E-state index in [1.807, 2.05) is 0 Å². The molecule has 108 valence electrons. The van der Waals surface area contributed by atoms with Gasteiger partial charge in [-0.2, -0.15) is 0 Å². The summed E-state index contributed by atoms with van der Waals surface area (Å²) in [7, 11) is 1.28. The summed E-state index contributed by atoms with van der Waals surface area (Å²) in [4.78, 5) is 27.0. The molecular formula is C13H16N2O5. The molecule has 0 saturated carbocycles. The minimum absolute atomic E-state index is 0.317. The van der Waals surface area contributed by atoms with E-state index in [4.69, 9.17) is 4.74 Å².